The molecule has 3 rings (SSSR count). The molecule has 0 spiro atoms. The number of hydrogen-bond acceptors (Lipinski definition) is 4. The summed E-state index contributed by atoms with van der Waals surface area (Å²) >= 11 is 0. The van der Waals surface area contributed by atoms with Crippen molar-refractivity contribution in [2.75, 3.05) is 0 Å². The first-order valence-corrected chi connectivity index (χ1v) is 8.85. The summed E-state index contributed by atoms with van der Waals surface area (Å²) in [6, 6.07) is 0.980. The Labute approximate surface area is 133 Å². The minimum Gasteiger partial charge on any atom is -0.444 e. The van der Waals surface area contributed by atoms with Crippen molar-refractivity contribution in [3.8, 4) is 0 Å². The van der Waals surface area contributed by atoms with E-state index < -0.39 is 5.60 Å². The van der Waals surface area contributed by atoms with Crippen LogP contribution in [-0.4, -0.2) is 40.8 Å². The van der Waals surface area contributed by atoms with Crippen LogP contribution in [0.2, 0.25) is 0 Å². The van der Waals surface area contributed by atoms with Gasteiger partial charge in [-0.2, -0.15) is 5.48 Å². The summed E-state index contributed by atoms with van der Waals surface area (Å²) in [4.78, 5) is 20.2. The summed E-state index contributed by atoms with van der Waals surface area (Å²) < 4.78 is 5.57. The van der Waals surface area contributed by atoms with Crippen molar-refractivity contribution in [3.63, 3.8) is 0 Å². The minimum atomic E-state index is -0.419. The molecular weight excluding hydrogens is 280 g/mol. The van der Waals surface area contributed by atoms with Crippen molar-refractivity contribution in [1.82, 2.24) is 10.4 Å². The van der Waals surface area contributed by atoms with Crippen LogP contribution >= 0.6 is 0 Å². The molecule has 5 nitrogen and oxygen atoms in total. The second kappa shape index (κ2) is 6.36. The number of nitrogens with one attached hydrogen (secondary N) is 1. The van der Waals surface area contributed by atoms with Gasteiger partial charge >= 0.3 is 6.09 Å². The molecule has 0 aromatic rings. The highest BCUT2D eigenvalue weighted by molar-refractivity contribution is 5.69. The average molecular weight is 310 g/mol. The largest absolute Gasteiger partial charge is 0.444 e. The molecule has 1 N–H and O–H groups in total. The smallest absolute Gasteiger partial charge is 0.410 e. The van der Waals surface area contributed by atoms with Crippen LogP contribution in [-0.2, 0) is 9.57 Å². The second-order valence-corrected chi connectivity index (χ2v) is 8.08. The average Bonchev–Trinajstić information content (AvgIpc) is 3.01. The molecular formula is C17H30N2O3. The predicted octanol–water partition coefficient (Wildman–Crippen LogP) is 3.38. The van der Waals surface area contributed by atoms with E-state index in [2.05, 4.69) is 5.48 Å². The number of ether oxygens (including phenoxy) is 1. The lowest BCUT2D eigenvalue weighted by molar-refractivity contribution is -0.0601. The number of hydroxylamine groups is 1. The van der Waals surface area contributed by atoms with Crippen molar-refractivity contribution in [2.45, 2.75) is 102 Å². The van der Waals surface area contributed by atoms with Crippen LogP contribution in [0.25, 0.3) is 0 Å². The molecule has 1 amide bonds. The fourth-order valence-corrected chi connectivity index (χ4v) is 4.08. The van der Waals surface area contributed by atoms with Gasteiger partial charge in [-0.3, -0.25) is 4.84 Å². The summed E-state index contributed by atoms with van der Waals surface area (Å²) in [5.41, 5.74) is 2.87. The van der Waals surface area contributed by atoms with Gasteiger partial charge < -0.3 is 9.64 Å². The number of hydrogen-bond donors (Lipinski definition) is 1. The summed E-state index contributed by atoms with van der Waals surface area (Å²) in [5.74, 6) is 0. The maximum Gasteiger partial charge on any atom is 0.410 e. The van der Waals surface area contributed by atoms with E-state index >= 15 is 0 Å². The summed E-state index contributed by atoms with van der Waals surface area (Å²) in [6.45, 7) is 5.78. The molecule has 2 heterocycles. The van der Waals surface area contributed by atoms with Gasteiger partial charge in [-0.15, -0.1) is 0 Å². The molecule has 0 radical (unpaired) electrons. The maximum atomic E-state index is 12.4. The monoisotopic (exact) mass is 310 g/mol. The molecule has 5 heteroatoms. The van der Waals surface area contributed by atoms with E-state index in [1.165, 1.54) is 25.7 Å². The van der Waals surface area contributed by atoms with Crippen LogP contribution in [0.4, 0.5) is 4.79 Å². The minimum absolute atomic E-state index is 0.143. The fourth-order valence-electron chi connectivity index (χ4n) is 4.08. The van der Waals surface area contributed by atoms with Crippen molar-refractivity contribution < 1.29 is 14.4 Å². The first-order chi connectivity index (χ1) is 10.4. The van der Waals surface area contributed by atoms with Gasteiger partial charge in [0.1, 0.15) is 5.60 Å². The normalized spacial score (nSPS) is 32.5. The van der Waals surface area contributed by atoms with Gasteiger partial charge in [0.05, 0.1) is 6.10 Å². The lowest BCUT2D eigenvalue weighted by Gasteiger charge is -2.39. The Morgan fingerprint density at radius 2 is 1.64 bits per heavy atom. The Balaban J connectivity index is 1.51. The number of rotatable bonds is 3. The zero-order chi connectivity index (χ0) is 15.7. The molecule has 1 aliphatic carbocycles. The van der Waals surface area contributed by atoms with Gasteiger partial charge in [-0.1, -0.05) is 12.8 Å². The third-order valence-electron chi connectivity index (χ3n) is 5.04. The fraction of sp³-hybridized carbons (Fsp3) is 0.941. The zero-order valence-corrected chi connectivity index (χ0v) is 14.1. The van der Waals surface area contributed by atoms with E-state index in [4.69, 9.17) is 9.57 Å². The van der Waals surface area contributed by atoms with Crippen molar-refractivity contribution >= 4 is 6.09 Å². The predicted molar refractivity (Wildman–Crippen MR) is 84.4 cm³/mol. The van der Waals surface area contributed by atoms with E-state index in [9.17, 15) is 4.79 Å². The molecule has 0 aromatic heterocycles. The Morgan fingerprint density at radius 1 is 1.05 bits per heavy atom. The van der Waals surface area contributed by atoms with Crippen molar-refractivity contribution in [2.24, 2.45) is 0 Å². The number of amides is 1. The van der Waals surface area contributed by atoms with E-state index in [1.807, 2.05) is 25.7 Å². The Kier molecular flexibility index (Phi) is 4.64. The molecule has 126 valence electrons. The lowest BCUT2D eigenvalue weighted by atomic mass is 9.98. The zero-order valence-electron chi connectivity index (χ0n) is 14.1. The van der Waals surface area contributed by atoms with Crippen LogP contribution < -0.4 is 5.48 Å². The Bertz CT molecular complexity index is 387. The number of fused-ring (bicyclic) bond motifs is 2. The Morgan fingerprint density at radius 3 is 2.18 bits per heavy atom. The highest BCUT2D eigenvalue weighted by Gasteiger charge is 2.45. The maximum absolute atomic E-state index is 12.4. The quantitative estimate of drug-likeness (QED) is 0.812. The molecule has 3 aliphatic rings. The molecule has 22 heavy (non-hydrogen) atoms. The van der Waals surface area contributed by atoms with Gasteiger partial charge in [0.2, 0.25) is 0 Å². The van der Waals surface area contributed by atoms with Gasteiger partial charge in [0.15, 0.2) is 0 Å². The third kappa shape index (κ3) is 3.74. The van der Waals surface area contributed by atoms with E-state index in [0.717, 1.165) is 25.7 Å². The van der Waals surface area contributed by atoms with Crippen LogP contribution in [0.1, 0.15) is 72.1 Å². The topological polar surface area (TPSA) is 50.8 Å². The van der Waals surface area contributed by atoms with E-state index in [-0.39, 0.29) is 6.09 Å². The highest BCUT2D eigenvalue weighted by Crippen LogP contribution is 2.37. The Hall–Kier alpha value is -0.810. The number of nitrogens with zero attached hydrogens (tertiary/aromatic N) is 1. The van der Waals surface area contributed by atoms with E-state index in [0.29, 0.717) is 24.2 Å². The number of carbonyl (C=O) groups excluding carboxylic acids is 1. The first kappa shape index (κ1) is 16.1. The van der Waals surface area contributed by atoms with Gasteiger partial charge in [-0.05, 0) is 59.3 Å². The highest BCUT2D eigenvalue weighted by atomic mass is 16.7. The number of piperidine rings is 1. The summed E-state index contributed by atoms with van der Waals surface area (Å²) in [6.07, 6.45) is 9.30. The van der Waals surface area contributed by atoms with Crippen molar-refractivity contribution in [1.29, 1.82) is 0 Å². The SMILES string of the molecule is CC(C)(C)OC(=O)N1C2CCC1CC(NOC1CCCC1)C2. The molecule has 2 bridgehead atoms. The van der Waals surface area contributed by atoms with Crippen LogP contribution in [0.5, 0.6) is 0 Å². The van der Waals surface area contributed by atoms with Gasteiger partial charge in [0, 0.05) is 18.1 Å². The summed E-state index contributed by atoms with van der Waals surface area (Å²) in [5, 5.41) is 0. The van der Waals surface area contributed by atoms with Crippen LogP contribution in [0.3, 0.4) is 0 Å². The molecule has 3 fully saturated rings. The van der Waals surface area contributed by atoms with Gasteiger partial charge in [-0.25, -0.2) is 4.79 Å². The number of carbonyl (C=O) groups is 1. The molecule has 2 saturated heterocycles. The molecule has 2 aliphatic heterocycles. The van der Waals surface area contributed by atoms with E-state index in [1.54, 1.807) is 0 Å². The summed E-state index contributed by atoms with van der Waals surface area (Å²) in [7, 11) is 0. The second-order valence-electron chi connectivity index (χ2n) is 8.08. The molecule has 2 unspecified atom stereocenters. The van der Waals surface area contributed by atoms with Crippen LogP contribution in [0.15, 0.2) is 0 Å². The molecule has 1 saturated carbocycles. The standard InChI is InChI=1S/C17H30N2O3/c1-17(2,3)21-16(20)19-13-8-9-14(19)11-12(10-13)18-22-15-6-4-5-7-15/h12-15,18H,4-11H2,1-3H3. The van der Waals surface area contributed by atoms with Crippen molar-refractivity contribution in [3.05, 3.63) is 0 Å². The first-order valence-electron chi connectivity index (χ1n) is 8.85. The third-order valence-corrected chi connectivity index (χ3v) is 5.04. The molecule has 0 aromatic carbocycles. The molecule has 2 atom stereocenters. The lowest BCUT2D eigenvalue weighted by Crippen LogP contribution is -2.52. The van der Waals surface area contributed by atoms with Gasteiger partial charge in [0.25, 0.3) is 0 Å². The van der Waals surface area contributed by atoms with Crippen LogP contribution in [0, 0.1) is 0 Å².